The Bertz CT molecular complexity index is 506. The summed E-state index contributed by atoms with van der Waals surface area (Å²) in [6.07, 6.45) is 0.168. The second-order valence-corrected chi connectivity index (χ2v) is 6.98. The molecule has 0 bridgehead atoms. The van der Waals surface area contributed by atoms with Crippen LogP contribution in [0.2, 0.25) is 0 Å². The van der Waals surface area contributed by atoms with Crippen molar-refractivity contribution >= 4 is 28.1 Å². The maximum absolute atomic E-state index is 13.0. The van der Waals surface area contributed by atoms with Gasteiger partial charge in [0.1, 0.15) is 5.82 Å². The summed E-state index contributed by atoms with van der Waals surface area (Å²) in [5.74, 6) is -0.132. The van der Waals surface area contributed by atoms with E-state index in [1.165, 1.54) is 18.2 Å². The van der Waals surface area contributed by atoms with Crippen LogP contribution in [0.15, 0.2) is 18.2 Å². The molecule has 0 radical (unpaired) electrons. The maximum atomic E-state index is 13.0. The lowest BCUT2D eigenvalue weighted by molar-refractivity contribution is -0.115. The van der Waals surface area contributed by atoms with Crippen LogP contribution in [-0.4, -0.2) is 21.1 Å². The summed E-state index contributed by atoms with van der Waals surface area (Å²) in [5, 5.41) is 2.67. The molecule has 1 aromatic carbocycles. The van der Waals surface area contributed by atoms with Crippen LogP contribution in [0.4, 0.5) is 15.8 Å². The maximum Gasteiger partial charge on any atom is 0.225 e. The minimum atomic E-state index is -1.03. The van der Waals surface area contributed by atoms with Crippen LogP contribution < -0.4 is 11.1 Å². The second kappa shape index (κ2) is 7.38. The molecule has 0 saturated carbocycles. The molecule has 0 saturated heterocycles. The van der Waals surface area contributed by atoms with Crippen molar-refractivity contribution in [2.75, 3.05) is 16.8 Å². The SMILES string of the molecule is CC(C)C(C)S(=O)CCC(=O)Nc1ccc(F)c(N)c1. The first-order valence-corrected chi connectivity index (χ1v) is 7.91. The number of nitrogens with one attached hydrogen (secondary N) is 1. The number of halogens is 1. The minimum Gasteiger partial charge on any atom is -0.396 e. The molecule has 0 aliphatic rings. The first-order chi connectivity index (χ1) is 9.31. The van der Waals surface area contributed by atoms with Crippen LogP contribution in [0.25, 0.3) is 0 Å². The topological polar surface area (TPSA) is 72.2 Å². The average molecular weight is 300 g/mol. The third kappa shape index (κ3) is 4.92. The molecular weight excluding hydrogens is 279 g/mol. The molecule has 0 aromatic heterocycles. The highest BCUT2D eigenvalue weighted by Gasteiger charge is 2.16. The summed E-state index contributed by atoms with van der Waals surface area (Å²) in [7, 11) is -1.03. The van der Waals surface area contributed by atoms with Gasteiger partial charge in [-0.05, 0) is 24.1 Å². The van der Waals surface area contributed by atoms with Gasteiger partial charge in [-0.25, -0.2) is 4.39 Å². The lowest BCUT2D eigenvalue weighted by Crippen LogP contribution is -2.23. The van der Waals surface area contributed by atoms with Crippen LogP contribution in [-0.2, 0) is 15.6 Å². The van der Waals surface area contributed by atoms with Crippen molar-refractivity contribution in [1.82, 2.24) is 0 Å². The fraction of sp³-hybridized carbons (Fsp3) is 0.500. The number of hydrogen-bond acceptors (Lipinski definition) is 3. The van der Waals surface area contributed by atoms with Crippen molar-refractivity contribution < 1.29 is 13.4 Å². The van der Waals surface area contributed by atoms with Gasteiger partial charge in [-0.2, -0.15) is 0 Å². The molecule has 2 unspecified atom stereocenters. The number of hydrogen-bond donors (Lipinski definition) is 2. The monoisotopic (exact) mass is 300 g/mol. The number of nitrogens with two attached hydrogens (primary N) is 1. The van der Waals surface area contributed by atoms with E-state index in [0.29, 0.717) is 17.4 Å². The third-order valence-corrected chi connectivity index (χ3v) is 5.14. The zero-order chi connectivity index (χ0) is 15.3. The quantitative estimate of drug-likeness (QED) is 0.793. The smallest absolute Gasteiger partial charge is 0.225 e. The Kier molecular flexibility index (Phi) is 6.13. The Labute approximate surface area is 121 Å². The zero-order valence-corrected chi connectivity index (χ0v) is 12.8. The van der Waals surface area contributed by atoms with E-state index in [1.54, 1.807) is 0 Å². The predicted molar refractivity (Wildman–Crippen MR) is 81.4 cm³/mol. The molecule has 3 N–H and O–H groups in total. The molecule has 1 amide bonds. The van der Waals surface area contributed by atoms with Crippen molar-refractivity contribution in [1.29, 1.82) is 0 Å². The minimum absolute atomic E-state index is 0.0141. The fourth-order valence-corrected chi connectivity index (χ4v) is 2.89. The van der Waals surface area contributed by atoms with Crippen LogP contribution in [0.5, 0.6) is 0 Å². The molecule has 0 aliphatic heterocycles. The molecule has 0 heterocycles. The van der Waals surface area contributed by atoms with Gasteiger partial charge in [0.2, 0.25) is 5.91 Å². The van der Waals surface area contributed by atoms with Gasteiger partial charge in [-0.1, -0.05) is 20.8 Å². The van der Waals surface area contributed by atoms with Gasteiger partial charge in [-0.3, -0.25) is 9.00 Å². The van der Waals surface area contributed by atoms with Gasteiger partial charge in [0.05, 0.1) is 5.69 Å². The standard InChI is InChI=1S/C14H21FN2O2S/c1-9(2)10(3)20(19)7-6-14(18)17-11-4-5-12(15)13(16)8-11/h4-5,8-10H,6-7,16H2,1-3H3,(H,17,18). The fourth-order valence-electron chi connectivity index (χ4n) is 1.53. The summed E-state index contributed by atoms with van der Waals surface area (Å²) in [4.78, 5) is 11.7. The lowest BCUT2D eigenvalue weighted by atomic mass is 10.2. The molecule has 1 aromatic rings. The number of carbonyl (C=O) groups excluding carboxylic acids is 1. The Hall–Kier alpha value is -1.43. The van der Waals surface area contributed by atoms with Gasteiger partial charge < -0.3 is 11.1 Å². The zero-order valence-electron chi connectivity index (χ0n) is 12.0. The normalized spacial score (nSPS) is 14.1. The summed E-state index contributed by atoms with van der Waals surface area (Å²) < 4.78 is 24.9. The van der Waals surface area contributed by atoms with E-state index in [0.717, 1.165) is 0 Å². The van der Waals surface area contributed by atoms with E-state index in [4.69, 9.17) is 5.73 Å². The Morgan fingerprint density at radius 1 is 1.40 bits per heavy atom. The second-order valence-electron chi connectivity index (χ2n) is 5.07. The van der Waals surface area contributed by atoms with Crippen LogP contribution in [0.3, 0.4) is 0 Å². The number of anilines is 2. The molecule has 112 valence electrons. The largest absolute Gasteiger partial charge is 0.396 e. The molecule has 4 nitrogen and oxygen atoms in total. The van der Waals surface area contributed by atoms with Crippen LogP contribution in [0.1, 0.15) is 27.2 Å². The van der Waals surface area contributed by atoms with E-state index >= 15 is 0 Å². The number of rotatable bonds is 6. The summed E-state index contributed by atoms with van der Waals surface area (Å²) >= 11 is 0. The van der Waals surface area contributed by atoms with Crippen LogP contribution >= 0.6 is 0 Å². The van der Waals surface area contributed by atoms with E-state index in [1.807, 2.05) is 20.8 Å². The van der Waals surface area contributed by atoms with Crippen molar-refractivity contribution in [3.8, 4) is 0 Å². The van der Waals surface area contributed by atoms with Gasteiger partial charge in [-0.15, -0.1) is 0 Å². The number of nitrogen functional groups attached to an aromatic ring is 1. The predicted octanol–water partition coefficient (Wildman–Crippen LogP) is 2.53. The first-order valence-electron chi connectivity index (χ1n) is 6.53. The van der Waals surface area contributed by atoms with Gasteiger partial charge in [0.15, 0.2) is 0 Å². The number of benzene rings is 1. The van der Waals surface area contributed by atoms with Crippen molar-refractivity contribution in [3.63, 3.8) is 0 Å². The van der Waals surface area contributed by atoms with E-state index in [-0.39, 0.29) is 23.3 Å². The molecular formula is C14H21FN2O2S. The molecule has 1 rings (SSSR count). The van der Waals surface area contributed by atoms with Crippen molar-refractivity contribution in [2.24, 2.45) is 5.92 Å². The van der Waals surface area contributed by atoms with Crippen LogP contribution in [0, 0.1) is 11.7 Å². The first kappa shape index (κ1) is 16.6. The Morgan fingerprint density at radius 2 is 2.05 bits per heavy atom. The highest BCUT2D eigenvalue weighted by molar-refractivity contribution is 7.85. The van der Waals surface area contributed by atoms with Gasteiger partial charge in [0.25, 0.3) is 0 Å². The summed E-state index contributed by atoms with van der Waals surface area (Å²) in [5.41, 5.74) is 5.84. The molecule has 0 fully saturated rings. The van der Waals surface area contributed by atoms with Crippen molar-refractivity contribution in [2.45, 2.75) is 32.4 Å². The number of carbonyl (C=O) groups is 1. The average Bonchev–Trinajstić information content (AvgIpc) is 2.39. The molecule has 20 heavy (non-hydrogen) atoms. The van der Waals surface area contributed by atoms with E-state index in [2.05, 4.69) is 5.32 Å². The molecule has 0 aliphatic carbocycles. The Balaban J connectivity index is 2.48. The molecule has 6 heteroatoms. The van der Waals surface area contributed by atoms with Gasteiger partial charge in [0, 0.05) is 33.9 Å². The van der Waals surface area contributed by atoms with Crippen molar-refractivity contribution in [3.05, 3.63) is 24.0 Å². The number of amides is 1. The highest BCUT2D eigenvalue weighted by atomic mass is 32.2. The Morgan fingerprint density at radius 3 is 2.60 bits per heavy atom. The van der Waals surface area contributed by atoms with E-state index in [9.17, 15) is 13.4 Å². The highest BCUT2D eigenvalue weighted by Crippen LogP contribution is 2.16. The van der Waals surface area contributed by atoms with E-state index < -0.39 is 16.6 Å². The molecule has 2 atom stereocenters. The molecule has 0 spiro atoms. The lowest BCUT2D eigenvalue weighted by Gasteiger charge is -2.14. The van der Waals surface area contributed by atoms with Gasteiger partial charge >= 0.3 is 0 Å². The third-order valence-electron chi connectivity index (χ3n) is 3.16. The summed E-state index contributed by atoms with van der Waals surface area (Å²) in [6, 6.07) is 4.00. The summed E-state index contributed by atoms with van der Waals surface area (Å²) in [6.45, 7) is 5.92.